The van der Waals surface area contributed by atoms with Gasteiger partial charge in [0.25, 0.3) is 0 Å². The Balaban J connectivity index is 1.61. The third-order valence-corrected chi connectivity index (χ3v) is 4.81. The van der Waals surface area contributed by atoms with Gasteiger partial charge in [-0.2, -0.15) is 0 Å². The van der Waals surface area contributed by atoms with Crippen LogP contribution in [0.1, 0.15) is 30.4 Å². The summed E-state index contributed by atoms with van der Waals surface area (Å²) >= 11 is 0. The zero-order valence-corrected chi connectivity index (χ0v) is 13.4. The molecule has 2 aliphatic rings. The zero-order valence-electron chi connectivity index (χ0n) is 13.4. The number of nitrogens with zero attached hydrogens (tertiary/aromatic N) is 2. The van der Waals surface area contributed by atoms with Crippen LogP contribution < -0.4 is 10.2 Å². The second-order valence-electron chi connectivity index (χ2n) is 6.42. The summed E-state index contributed by atoms with van der Waals surface area (Å²) in [5, 5.41) is 11.3. The van der Waals surface area contributed by atoms with Gasteiger partial charge in [0, 0.05) is 44.8 Å². The minimum atomic E-state index is -0.939. The van der Waals surface area contributed by atoms with Gasteiger partial charge in [0.2, 0.25) is 5.91 Å². The first-order valence-electron chi connectivity index (χ1n) is 8.13. The van der Waals surface area contributed by atoms with E-state index in [1.807, 2.05) is 7.05 Å². The molecule has 124 valence electrons. The van der Waals surface area contributed by atoms with Gasteiger partial charge in [0.15, 0.2) is 0 Å². The summed E-state index contributed by atoms with van der Waals surface area (Å²) < 4.78 is 0. The van der Waals surface area contributed by atoms with Gasteiger partial charge >= 0.3 is 6.09 Å². The lowest BCUT2D eigenvalue weighted by Crippen LogP contribution is -2.43. The van der Waals surface area contributed by atoms with E-state index in [2.05, 4.69) is 28.4 Å². The molecule has 1 saturated heterocycles. The van der Waals surface area contributed by atoms with Crippen molar-refractivity contribution in [3.8, 4) is 0 Å². The third-order valence-electron chi connectivity index (χ3n) is 4.81. The molecule has 0 saturated carbocycles. The molecular formula is C17H23N3O3. The maximum atomic E-state index is 11.8. The summed E-state index contributed by atoms with van der Waals surface area (Å²) in [7, 11) is 1.84. The van der Waals surface area contributed by atoms with Crippen LogP contribution in [0.3, 0.4) is 0 Å². The molecule has 2 heterocycles. The molecule has 6 nitrogen and oxygen atoms in total. The van der Waals surface area contributed by atoms with Gasteiger partial charge in [0.05, 0.1) is 0 Å². The topological polar surface area (TPSA) is 72.9 Å². The van der Waals surface area contributed by atoms with E-state index in [1.54, 1.807) is 4.90 Å². The van der Waals surface area contributed by atoms with E-state index in [-0.39, 0.29) is 11.9 Å². The SMILES string of the molecule is CN1C(=O)CCc2ccc(CN3CCC(NC(=O)O)CC3)cc21. The number of aryl methyl sites for hydroxylation is 1. The molecule has 6 heteroatoms. The second-order valence-corrected chi connectivity index (χ2v) is 6.42. The van der Waals surface area contributed by atoms with E-state index in [9.17, 15) is 9.59 Å². The summed E-state index contributed by atoms with van der Waals surface area (Å²) in [6, 6.07) is 6.46. The highest BCUT2D eigenvalue weighted by Gasteiger charge is 2.23. The predicted octanol–water partition coefficient (Wildman–Crippen LogP) is 1.83. The van der Waals surface area contributed by atoms with Gasteiger partial charge in [-0.3, -0.25) is 9.69 Å². The summed E-state index contributed by atoms with van der Waals surface area (Å²) in [6.45, 7) is 2.61. The Kier molecular flexibility index (Phi) is 4.52. The molecule has 3 rings (SSSR count). The van der Waals surface area contributed by atoms with Crippen LogP contribution in [0.15, 0.2) is 18.2 Å². The Morgan fingerprint density at radius 2 is 2.04 bits per heavy atom. The van der Waals surface area contributed by atoms with E-state index in [4.69, 9.17) is 5.11 Å². The molecule has 0 aromatic heterocycles. The monoisotopic (exact) mass is 317 g/mol. The maximum Gasteiger partial charge on any atom is 0.404 e. The van der Waals surface area contributed by atoms with Crippen molar-refractivity contribution in [3.05, 3.63) is 29.3 Å². The minimum absolute atomic E-state index is 0.0658. The lowest BCUT2D eigenvalue weighted by molar-refractivity contribution is -0.118. The van der Waals surface area contributed by atoms with Crippen molar-refractivity contribution >= 4 is 17.7 Å². The Bertz CT molecular complexity index is 609. The Hall–Kier alpha value is -2.08. The minimum Gasteiger partial charge on any atom is -0.465 e. The summed E-state index contributed by atoms with van der Waals surface area (Å²) in [5.74, 6) is 0.176. The van der Waals surface area contributed by atoms with Crippen LogP contribution >= 0.6 is 0 Å². The van der Waals surface area contributed by atoms with Crippen LogP contribution in [-0.2, 0) is 17.8 Å². The molecule has 2 N–H and O–H groups in total. The fourth-order valence-corrected chi connectivity index (χ4v) is 3.44. The van der Waals surface area contributed by atoms with Crippen LogP contribution in [0.5, 0.6) is 0 Å². The summed E-state index contributed by atoms with van der Waals surface area (Å²) in [6.07, 6.45) is 2.16. The van der Waals surface area contributed by atoms with Crippen molar-refractivity contribution in [3.63, 3.8) is 0 Å². The number of amides is 2. The number of carboxylic acid groups (broad SMARTS) is 1. The highest BCUT2D eigenvalue weighted by Crippen LogP contribution is 2.28. The molecule has 0 unspecified atom stereocenters. The third kappa shape index (κ3) is 3.64. The van der Waals surface area contributed by atoms with Gasteiger partial charge < -0.3 is 15.3 Å². The number of carbonyl (C=O) groups excluding carboxylic acids is 1. The molecule has 1 aromatic rings. The number of anilines is 1. The quantitative estimate of drug-likeness (QED) is 0.892. The van der Waals surface area contributed by atoms with Crippen molar-refractivity contribution in [2.24, 2.45) is 0 Å². The highest BCUT2D eigenvalue weighted by molar-refractivity contribution is 5.95. The standard InChI is InChI=1S/C17H23N3O3/c1-19-15-10-12(2-3-13(15)4-5-16(19)21)11-20-8-6-14(7-9-20)18-17(22)23/h2-3,10,14,18H,4-9,11H2,1H3,(H,22,23). The Morgan fingerprint density at radius 1 is 1.30 bits per heavy atom. The molecule has 0 radical (unpaired) electrons. The molecule has 2 amide bonds. The fourth-order valence-electron chi connectivity index (χ4n) is 3.44. The molecule has 0 spiro atoms. The lowest BCUT2D eigenvalue weighted by atomic mass is 9.98. The van der Waals surface area contributed by atoms with Crippen molar-refractivity contribution in [2.75, 3.05) is 25.0 Å². The van der Waals surface area contributed by atoms with Crippen molar-refractivity contribution < 1.29 is 14.7 Å². The van der Waals surface area contributed by atoms with Gasteiger partial charge in [-0.15, -0.1) is 0 Å². The van der Waals surface area contributed by atoms with Crippen molar-refractivity contribution in [1.82, 2.24) is 10.2 Å². The molecular weight excluding hydrogens is 294 g/mol. The number of carbonyl (C=O) groups is 2. The predicted molar refractivity (Wildman–Crippen MR) is 87.6 cm³/mol. The van der Waals surface area contributed by atoms with Gasteiger partial charge in [-0.25, -0.2) is 4.79 Å². The fraction of sp³-hybridized carbons (Fsp3) is 0.529. The number of likely N-dealkylation sites (tertiary alicyclic amines) is 1. The number of fused-ring (bicyclic) bond motifs is 1. The van der Waals surface area contributed by atoms with E-state index in [0.717, 1.165) is 44.6 Å². The molecule has 2 aliphatic heterocycles. The smallest absolute Gasteiger partial charge is 0.404 e. The normalized spacial score (nSPS) is 19.5. The molecule has 0 aliphatic carbocycles. The molecule has 0 bridgehead atoms. The Labute approximate surface area is 136 Å². The van der Waals surface area contributed by atoms with E-state index < -0.39 is 6.09 Å². The number of nitrogens with one attached hydrogen (secondary N) is 1. The summed E-state index contributed by atoms with van der Waals surface area (Å²) in [5.41, 5.74) is 3.47. The summed E-state index contributed by atoms with van der Waals surface area (Å²) in [4.78, 5) is 26.6. The number of hydrogen-bond acceptors (Lipinski definition) is 3. The van der Waals surface area contributed by atoms with Crippen molar-refractivity contribution in [2.45, 2.75) is 38.3 Å². The zero-order chi connectivity index (χ0) is 16.4. The van der Waals surface area contributed by atoms with Crippen LogP contribution in [0.4, 0.5) is 10.5 Å². The maximum absolute atomic E-state index is 11.8. The van der Waals surface area contributed by atoms with Crippen molar-refractivity contribution in [1.29, 1.82) is 0 Å². The van der Waals surface area contributed by atoms with E-state index in [0.29, 0.717) is 6.42 Å². The first-order chi connectivity index (χ1) is 11.0. The largest absolute Gasteiger partial charge is 0.465 e. The van der Waals surface area contributed by atoms with Crippen LogP contribution in [0.25, 0.3) is 0 Å². The number of piperidine rings is 1. The number of benzene rings is 1. The van der Waals surface area contributed by atoms with Crippen LogP contribution in [-0.4, -0.2) is 48.2 Å². The highest BCUT2D eigenvalue weighted by atomic mass is 16.4. The number of hydrogen-bond donors (Lipinski definition) is 2. The van der Waals surface area contributed by atoms with Gasteiger partial charge in [-0.1, -0.05) is 12.1 Å². The van der Waals surface area contributed by atoms with Gasteiger partial charge in [0.1, 0.15) is 0 Å². The molecule has 0 atom stereocenters. The second kappa shape index (κ2) is 6.58. The Morgan fingerprint density at radius 3 is 2.74 bits per heavy atom. The molecule has 1 aromatic carbocycles. The first-order valence-corrected chi connectivity index (χ1v) is 8.13. The van der Waals surface area contributed by atoms with E-state index in [1.165, 1.54) is 11.1 Å². The molecule has 23 heavy (non-hydrogen) atoms. The number of rotatable bonds is 3. The lowest BCUT2D eigenvalue weighted by Gasteiger charge is -2.32. The van der Waals surface area contributed by atoms with E-state index >= 15 is 0 Å². The van der Waals surface area contributed by atoms with Gasteiger partial charge in [-0.05, 0) is 36.5 Å². The van der Waals surface area contributed by atoms with Crippen LogP contribution in [0, 0.1) is 0 Å². The van der Waals surface area contributed by atoms with Crippen LogP contribution in [0.2, 0.25) is 0 Å². The average molecular weight is 317 g/mol. The average Bonchev–Trinajstić information content (AvgIpc) is 2.53. The first kappa shape index (κ1) is 15.8. The molecule has 1 fully saturated rings.